The Balaban J connectivity index is 1.87. The lowest BCUT2D eigenvalue weighted by atomic mass is 10.0. The highest BCUT2D eigenvalue weighted by atomic mass is 19.1. The summed E-state index contributed by atoms with van der Waals surface area (Å²) >= 11 is 0. The first-order valence-electron chi connectivity index (χ1n) is 8.12. The smallest absolute Gasteiger partial charge is 0.229 e. The zero-order valence-corrected chi connectivity index (χ0v) is 13.6. The minimum absolute atomic E-state index is 0.0801. The minimum atomic E-state index is -0.452. The minimum Gasteiger partial charge on any atom is -0.488 e. The molecule has 0 aromatic heterocycles. The van der Waals surface area contributed by atoms with Gasteiger partial charge in [-0.2, -0.15) is 0 Å². The fourth-order valence-corrected chi connectivity index (χ4v) is 3.01. The zero-order valence-electron chi connectivity index (χ0n) is 13.6. The number of nitrogens with zero attached hydrogens (tertiary/aromatic N) is 1. The van der Waals surface area contributed by atoms with E-state index >= 15 is 0 Å². The van der Waals surface area contributed by atoms with Crippen molar-refractivity contribution in [2.45, 2.75) is 31.8 Å². The average Bonchev–Trinajstić information content (AvgIpc) is 2.75. The van der Waals surface area contributed by atoms with Gasteiger partial charge in [0.1, 0.15) is 0 Å². The number of anilines is 1. The van der Waals surface area contributed by atoms with E-state index in [0.717, 1.165) is 5.56 Å². The fraction of sp³-hybridized carbons (Fsp3) is 0.316. The summed E-state index contributed by atoms with van der Waals surface area (Å²) in [7, 11) is 0. The summed E-state index contributed by atoms with van der Waals surface area (Å²) in [5.74, 6) is -0.438. The molecule has 1 aliphatic rings. The second-order valence-corrected chi connectivity index (χ2v) is 6.06. The second-order valence-electron chi connectivity index (χ2n) is 6.06. The molecule has 0 aliphatic carbocycles. The van der Waals surface area contributed by atoms with Gasteiger partial charge >= 0.3 is 0 Å². The van der Waals surface area contributed by atoms with E-state index in [1.165, 1.54) is 6.07 Å². The molecule has 1 amide bonds. The van der Waals surface area contributed by atoms with Crippen molar-refractivity contribution < 1.29 is 13.9 Å². The molecule has 1 aliphatic heterocycles. The molecular weight excluding hydrogens is 307 g/mol. The van der Waals surface area contributed by atoms with Gasteiger partial charge in [0.25, 0.3) is 0 Å². The average molecular weight is 328 g/mol. The first-order chi connectivity index (χ1) is 11.6. The first kappa shape index (κ1) is 16.5. The molecule has 126 valence electrons. The monoisotopic (exact) mass is 328 g/mol. The summed E-state index contributed by atoms with van der Waals surface area (Å²) < 4.78 is 19.6. The Morgan fingerprint density at radius 2 is 2.04 bits per heavy atom. The topological polar surface area (TPSA) is 55.6 Å². The first-order valence-corrected chi connectivity index (χ1v) is 8.12. The Bertz CT molecular complexity index is 721. The van der Waals surface area contributed by atoms with Crippen LogP contribution in [0.15, 0.2) is 48.5 Å². The molecule has 0 fully saturated rings. The van der Waals surface area contributed by atoms with Crippen molar-refractivity contribution in [2.24, 2.45) is 5.73 Å². The quantitative estimate of drug-likeness (QED) is 0.939. The largest absolute Gasteiger partial charge is 0.488 e. The predicted octanol–water partition coefficient (Wildman–Crippen LogP) is 3.42. The summed E-state index contributed by atoms with van der Waals surface area (Å²) in [6, 6.07) is 13.7. The van der Waals surface area contributed by atoms with E-state index in [0.29, 0.717) is 18.7 Å². The number of halogens is 1. The maximum absolute atomic E-state index is 14.1. The molecule has 2 atom stereocenters. The molecule has 2 aromatic carbocycles. The number of rotatable bonds is 3. The highest BCUT2D eigenvalue weighted by Gasteiger charge is 2.30. The second kappa shape index (κ2) is 7.01. The van der Waals surface area contributed by atoms with E-state index < -0.39 is 11.9 Å². The third-order valence-corrected chi connectivity index (χ3v) is 4.32. The zero-order chi connectivity index (χ0) is 17.1. The van der Waals surface area contributed by atoms with Crippen molar-refractivity contribution in [1.82, 2.24) is 0 Å². The Morgan fingerprint density at radius 1 is 1.29 bits per heavy atom. The Morgan fingerprint density at radius 3 is 2.79 bits per heavy atom. The van der Waals surface area contributed by atoms with E-state index in [9.17, 15) is 9.18 Å². The van der Waals surface area contributed by atoms with Crippen LogP contribution in [0.1, 0.15) is 31.4 Å². The van der Waals surface area contributed by atoms with Crippen LogP contribution in [-0.4, -0.2) is 18.6 Å². The van der Waals surface area contributed by atoms with E-state index in [2.05, 4.69) is 0 Å². The van der Waals surface area contributed by atoms with E-state index in [-0.39, 0.29) is 24.1 Å². The third-order valence-electron chi connectivity index (χ3n) is 4.32. The van der Waals surface area contributed by atoms with Gasteiger partial charge in [-0.05, 0) is 24.6 Å². The van der Waals surface area contributed by atoms with Gasteiger partial charge in [-0.1, -0.05) is 36.4 Å². The van der Waals surface area contributed by atoms with Crippen LogP contribution in [0.4, 0.5) is 10.1 Å². The summed E-state index contributed by atoms with van der Waals surface area (Å²) in [6.45, 7) is 2.32. The Labute approximate surface area is 141 Å². The van der Waals surface area contributed by atoms with Crippen LogP contribution in [0.25, 0.3) is 0 Å². The van der Waals surface area contributed by atoms with Crippen molar-refractivity contribution in [3.63, 3.8) is 0 Å². The number of hydrogen-bond donors (Lipinski definition) is 1. The predicted molar refractivity (Wildman–Crippen MR) is 91.4 cm³/mol. The van der Waals surface area contributed by atoms with E-state index in [4.69, 9.17) is 10.5 Å². The number of benzene rings is 2. The van der Waals surface area contributed by atoms with Crippen LogP contribution in [0.3, 0.4) is 0 Å². The van der Waals surface area contributed by atoms with Gasteiger partial charge in [0.15, 0.2) is 11.6 Å². The molecule has 1 heterocycles. The number of carbonyl (C=O) groups is 1. The van der Waals surface area contributed by atoms with Crippen molar-refractivity contribution in [2.75, 3.05) is 11.5 Å². The molecule has 1 unspecified atom stereocenters. The summed E-state index contributed by atoms with van der Waals surface area (Å²) in [5, 5.41) is 0. The molecule has 0 bridgehead atoms. The third kappa shape index (κ3) is 3.26. The van der Waals surface area contributed by atoms with Crippen LogP contribution in [0.5, 0.6) is 5.75 Å². The van der Waals surface area contributed by atoms with Crippen LogP contribution >= 0.6 is 0 Å². The van der Waals surface area contributed by atoms with Crippen LogP contribution in [0, 0.1) is 5.82 Å². The van der Waals surface area contributed by atoms with Gasteiger partial charge in [-0.25, -0.2) is 4.39 Å². The molecule has 2 aromatic rings. The molecule has 0 radical (unpaired) electrons. The molecule has 0 saturated heterocycles. The molecule has 24 heavy (non-hydrogen) atoms. The van der Waals surface area contributed by atoms with Crippen molar-refractivity contribution in [1.29, 1.82) is 0 Å². The number of hydrogen-bond acceptors (Lipinski definition) is 3. The summed E-state index contributed by atoms with van der Waals surface area (Å²) in [4.78, 5) is 14.5. The summed E-state index contributed by atoms with van der Waals surface area (Å²) in [6.07, 6.45) is 0.796. The van der Waals surface area contributed by atoms with Crippen molar-refractivity contribution in [3.05, 3.63) is 59.9 Å². The SMILES string of the molecule is C[C@H]1CCOc2c(F)cccc2N1C(=O)CC(N)c1ccccc1. The van der Waals surface area contributed by atoms with E-state index in [1.54, 1.807) is 17.0 Å². The number of amides is 1. The van der Waals surface area contributed by atoms with E-state index in [1.807, 2.05) is 37.3 Å². The summed E-state index contributed by atoms with van der Waals surface area (Å²) in [5.41, 5.74) is 7.57. The molecular formula is C19H21FN2O2. The number of carbonyl (C=O) groups excluding carboxylic acids is 1. The highest BCUT2D eigenvalue weighted by molar-refractivity contribution is 5.96. The molecule has 0 saturated carbocycles. The molecule has 4 nitrogen and oxygen atoms in total. The maximum Gasteiger partial charge on any atom is 0.229 e. The number of para-hydroxylation sites is 1. The Hall–Kier alpha value is -2.40. The van der Waals surface area contributed by atoms with Crippen LogP contribution in [-0.2, 0) is 4.79 Å². The van der Waals surface area contributed by atoms with Crippen LogP contribution in [0.2, 0.25) is 0 Å². The molecule has 3 rings (SSSR count). The maximum atomic E-state index is 14.1. The lowest BCUT2D eigenvalue weighted by Gasteiger charge is -2.28. The van der Waals surface area contributed by atoms with Gasteiger partial charge in [-0.15, -0.1) is 0 Å². The van der Waals surface area contributed by atoms with Crippen molar-refractivity contribution >= 4 is 11.6 Å². The van der Waals surface area contributed by atoms with Crippen LogP contribution < -0.4 is 15.4 Å². The van der Waals surface area contributed by atoms with Crippen molar-refractivity contribution in [3.8, 4) is 5.75 Å². The Kier molecular flexibility index (Phi) is 4.81. The van der Waals surface area contributed by atoms with Gasteiger partial charge in [0.05, 0.1) is 12.3 Å². The fourth-order valence-electron chi connectivity index (χ4n) is 3.01. The number of nitrogens with two attached hydrogens (primary N) is 1. The number of ether oxygens (including phenoxy) is 1. The number of fused-ring (bicyclic) bond motifs is 1. The standard InChI is InChI=1S/C19H21FN2O2/c1-13-10-11-24-19-15(20)8-5-9-17(19)22(13)18(23)12-16(21)14-6-3-2-4-7-14/h2-9,13,16H,10-12,21H2,1H3/t13-,16?/m0/s1. The normalized spacial score (nSPS) is 18.3. The van der Waals surface area contributed by atoms with Gasteiger partial charge in [-0.3, -0.25) is 4.79 Å². The van der Waals surface area contributed by atoms with Gasteiger partial charge in [0.2, 0.25) is 5.91 Å². The molecule has 5 heteroatoms. The van der Waals surface area contributed by atoms with Gasteiger partial charge in [0, 0.05) is 24.9 Å². The van der Waals surface area contributed by atoms with Gasteiger partial charge < -0.3 is 15.4 Å². The highest BCUT2D eigenvalue weighted by Crippen LogP contribution is 2.36. The molecule has 0 spiro atoms. The molecule has 2 N–H and O–H groups in total. The lowest BCUT2D eigenvalue weighted by Crippen LogP contribution is -2.39. The lowest BCUT2D eigenvalue weighted by molar-refractivity contribution is -0.119.